The summed E-state index contributed by atoms with van der Waals surface area (Å²) in [7, 11) is 4.56. The van der Waals surface area contributed by atoms with Crippen LogP contribution in [0.1, 0.15) is 83.3 Å². The molecule has 0 saturated heterocycles. The van der Waals surface area contributed by atoms with Gasteiger partial charge >= 0.3 is 0 Å². The van der Waals surface area contributed by atoms with Crippen LogP contribution in [0.2, 0.25) is 0 Å². The normalized spacial score (nSPS) is 11.6. The fourth-order valence-electron chi connectivity index (χ4n) is 4.66. The van der Waals surface area contributed by atoms with Gasteiger partial charge in [-0.15, -0.1) is 11.6 Å². The highest BCUT2D eigenvalue weighted by Gasteiger charge is 2.20. The summed E-state index contributed by atoms with van der Waals surface area (Å²) in [6.07, 6.45) is 9.04. The van der Waals surface area contributed by atoms with Gasteiger partial charge in [0, 0.05) is 30.9 Å². The van der Waals surface area contributed by atoms with Crippen molar-refractivity contribution in [3.05, 3.63) is 59.7 Å². The fraction of sp³-hybridized carbons (Fsp3) is 0.647. The Kier molecular flexibility index (Phi) is 19.7. The molecule has 0 saturated carbocycles. The summed E-state index contributed by atoms with van der Waals surface area (Å²) in [4.78, 5) is 0. The van der Waals surface area contributed by atoms with E-state index in [2.05, 4.69) is 99.3 Å². The number of ether oxygens (including phenoxy) is 3. The van der Waals surface area contributed by atoms with Crippen molar-refractivity contribution in [2.45, 2.75) is 84.1 Å². The van der Waals surface area contributed by atoms with Crippen molar-refractivity contribution in [2.24, 2.45) is 0 Å². The second-order valence-electron chi connectivity index (χ2n) is 11.7. The fourth-order valence-corrected chi connectivity index (χ4v) is 4.85. The quantitative estimate of drug-likeness (QED) is 0.0772. The van der Waals surface area contributed by atoms with E-state index in [1.54, 1.807) is 0 Å². The molecule has 0 aliphatic rings. The van der Waals surface area contributed by atoms with Gasteiger partial charge in [-0.2, -0.15) is 0 Å². The second kappa shape index (κ2) is 21.4. The largest absolute Gasteiger partial charge is 0.494 e. The molecule has 0 radical (unpaired) electrons. The third kappa shape index (κ3) is 16.2. The molecule has 0 unspecified atom stereocenters. The third-order valence-corrected chi connectivity index (χ3v) is 7.39. The molecular weight excluding hydrogens is 586 g/mol. The third-order valence-electron chi connectivity index (χ3n) is 7.13. The van der Waals surface area contributed by atoms with Gasteiger partial charge in [0.2, 0.25) is 0 Å². The lowest BCUT2D eigenvalue weighted by molar-refractivity contribution is -0.903. The number of hydrogen-bond acceptors (Lipinski definition) is 3. The molecule has 0 aliphatic carbocycles. The van der Waals surface area contributed by atoms with E-state index in [1.807, 2.05) is 5.83 Å². The number of unbranched alkanes of at least 4 members (excludes halogenated alkanes) is 3. The topological polar surface area (TPSA) is 27.7 Å². The zero-order valence-corrected chi connectivity index (χ0v) is 28.5. The molecular formula is C34H56BrClNO3+. The van der Waals surface area contributed by atoms with E-state index in [9.17, 15) is 0 Å². The number of hydrogen-bond donors (Lipinski definition) is 0. The highest BCUT2D eigenvalue weighted by Crippen LogP contribution is 2.30. The predicted octanol–water partition coefficient (Wildman–Crippen LogP) is 9.41. The Balaban J connectivity index is 0.00000391. The molecule has 0 heterocycles. The lowest BCUT2D eigenvalue weighted by Crippen LogP contribution is -2.40. The molecule has 0 N–H and O–H groups in total. The molecule has 2 rings (SSSR count). The van der Waals surface area contributed by atoms with Crippen molar-refractivity contribution >= 4 is 27.5 Å². The van der Waals surface area contributed by atoms with Crippen molar-refractivity contribution in [2.75, 3.05) is 58.8 Å². The summed E-state index contributed by atoms with van der Waals surface area (Å²) in [6.45, 7) is 12.0. The van der Waals surface area contributed by atoms with Gasteiger partial charge in [-0.25, -0.2) is 0 Å². The van der Waals surface area contributed by atoms with E-state index in [0.29, 0.717) is 12.5 Å². The number of rotatable bonds is 21. The summed E-state index contributed by atoms with van der Waals surface area (Å²) in [5.74, 6) is 4.39. The molecule has 0 spiro atoms. The van der Waals surface area contributed by atoms with Crippen LogP contribution >= 0.6 is 27.5 Å². The Hall–Kier alpha value is -1.27. The van der Waals surface area contributed by atoms with E-state index in [1.165, 1.54) is 36.8 Å². The average molecular weight is 642 g/mol. The van der Waals surface area contributed by atoms with Crippen LogP contribution in [0.25, 0.3) is 0 Å². The molecule has 0 aromatic heterocycles. The van der Waals surface area contributed by atoms with Crippen LogP contribution in [0.15, 0.2) is 48.5 Å². The smallest absolute Gasteiger partial charge is 0.119 e. The highest BCUT2D eigenvalue weighted by atomic mass is 79.9. The minimum atomic E-state index is 0.221. The minimum absolute atomic E-state index is 0.221. The molecule has 2 aromatic carbocycles. The van der Waals surface area contributed by atoms with Gasteiger partial charge in [0.05, 0.1) is 40.5 Å². The summed E-state index contributed by atoms with van der Waals surface area (Å²) in [6, 6.07) is 17.2. The zero-order valence-electron chi connectivity index (χ0n) is 26.2. The van der Waals surface area contributed by atoms with Crippen LogP contribution < -0.4 is 9.47 Å². The first-order valence-corrected chi connectivity index (χ1v) is 17.2. The standard InChI is InChI=1S/C33H53ClNO3.CH3Br/c1-6-7-8-21-33(2,3)30-15-19-32(20-16-30)38-27-12-25-36-24-11-23-35(4,5)28-29-13-17-31(18-14-29)37-26-10-9-22-34;1-2/h13-20H,6-12,21-28H2,1-5H3;1H3/q+1;. The number of quaternary nitrogens is 1. The van der Waals surface area contributed by atoms with Gasteiger partial charge in [-0.1, -0.05) is 68.1 Å². The molecule has 0 atom stereocenters. The Morgan fingerprint density at radius 2 is 1.30 bits per heavy atom. The molecule has 4 nitrogen and oxygen atoms in total. The molecule has 228 valence electrons. The van der Waals surface area contributed by atoms with Crippen LogP contribution in [0.3, 0.4) is 0 Å². The Labute approximate surface area is 259 Å². The lowest BCUT2D eigenvalue weighted by atomic mass is 9.80. The summed E-state index contributed by atoms with van der Waals surface area (Å²) < 4.78 is 18.5. The van der Waals surface area contributed by atoms with Crippen LogP contribution in [-0.2, 0) is 16.7 Å². The lowest BCUT2D eigenvalue weighted by Gasteiger charge is -2.30. The highest BCUT2D eigenvalue weighted by molar-refractivity contribution is 9.08. The maximum atomic E-state index is 5.94. The summed E-state index contributed by atoms with van der Waals surface area (Å²) in [5, 5.41) is 0. The molecule has 6 heteroatoms. The number of benzene rings is 2. The van der Waals surface area contributed by atoms with Crippen molar-refractivity contribution < 1.29 is 18.7 Å². The van der Waals surface area contributed by atoms with Crippen molar-refractivity contribution in [3.63, 3.8) is 0 Å². The van der Waals surface area contributed by atoms with Crippen LogP contribution in [0, 0.1) is 0 Å². The van der Waals surface area contributed by atoms with E-state index in [-0.39, 0.29) is 5.41 Å². The minimum Gasteiger partial charge on any atom is -0.494 e. The van der Waals surface area contributed by atoms with E-state index in [4.69, 9.17) is 25.8 Å². The zero-order chi connectivity index (χ0) is 29.7. The van der Waals surface area contributed by atoms with Crippen molar-refractivity contribution in [3.8, 4) is 11.5 Å². The number of halogens is 2. The van der Waals surface area contributed by atoms with Crippen molar-refractivity contribution in [1.29, 1.82) is 0 Å². The number of nitrogens with zero attached hydrogens (tertiary/aromatic N) is 1. The Morgan fingerprint density at radius 1 is 0.725 bits per heavy atom. The molecule has 40 heavy (non-hydrogen) atoms. The van der Waals surface area contributed by atoms with E-state index < -0.39 is 0 Å². The molecule has 2 aromatic rings. The van der Waals surface area contributed by atoms with Crippen LogP contribution in [-0.4, -0.2) is 63.3 Å². The van der Waals surface area contributed by atoms with Gasteiger partial charge < -0.3 is 18.7 Å². The van der Waals surface area contributed by atoms with E-state index >= 15 is 0 Å². The predicted molar refractivity (Wildman–Crippen MR) is 177 cm³/mol. The molecule has 0 aliphatic heterocycles. The SMILES string of the molecule is CBr.CCCCCC(C)(C)c1ccc(OCCCOCCC[N+](C)(C)Cc2ccc(OCCCCCl)cc2)cc1. The van der Waals surface area contributed by atoms with E-state index in [0.717, 1.165) is 74.6 Å². The maximum absolute atomic E-state index is 5.94. The van der Waals surface area contributed by atoms with Crippen LogP contribution in [0.5, 0.6) is 11.5 Å². The second-order valence-corrected chi connectivity index (χ2v) is 12.1. The first-order chi connectivity index (χ1) is 19.3. The van der Waals surface area contributed by atoms with Gasteiger partial charge in [0.15, 0.2) is 0 Å². The van der Waals surface area contributed by atoms with Gasteiger partial charge in [0.25, 0.3) is 0 Å². The monoisotopic (exact) mass is 640 g/mol. The average Bonchev–Trinajstić information content (AvgIpc) is 2.94. The van der Waals surface area contributed by atoms with Gasteiger partial charge in [0.1, 0.15) is 18.0 Å². The Bertz CT molecular complexity index is 872. The molecule has 0 fully saturated rings. The molecule has 0 bridgehead atoms. The maximum Gasteiger partial charge on any atom is 0.119 e. The Morgan fingerprint density at radius 3 is 1.90 bits per heavy atom. The summed E-state index contributed by atoms with van der Waals surface area (Å²) >= 11 is 8.66. The van der Waals surface area contributed by atoms with Crippen molar-refractivity contribution in [1.82, 2.24) is 0 Å². The first kappa shape index (κ1) is 36.8. The number of alkyl halides is 2. The first-order valence-electron chi connectivity index (χ1n) is 15.0. The van der Waals surface area contributed by atoms with Crippen LogP contribution in [0.4, 0.5) is 0 Å². The molecule has 0 amide bonds. The summed E-state index contributed by atoms with van der Waals surface area (Å²) in [5.41, 5.74) is 2.94. The van der Waals surface area contributed by atoms with Gasteiger partial charge in [-0.3, -0.25) is 0 Å². The van der Waals surface area contributed by atoms with Gasteiger partial charge in [-0.05, 0) is 72.5 Å².